The summed E-state index contributed by atoms with van der Waals surface area (Å²) < 4.78 is 27.2. The van der Waals surface area contributed by atoms with Gasteiger partial charge in [-0.05, 0) is 50.1 Å². The highest BCUT2D eigenvalue weighted by atomic mass is 79.9. The maximum absolute atomic E-state index is 13.4. The lowest BCUT2D eigenvalue weighted by molar-refractivity contribution is -0.140. The van der Waals surface area contributed by atoms with Crippen molar-refractivity contribution in [3.63, 3.8) is 0 Å². The van der Waals surface area contributed by atoms with Crippen LogP contribution in [0.3, 0.4) is 0 Å². The van der Waals surface area contributed by atoms with E-state index >= 15 is 0 Å². The molecule has 0 spiro atoms. The third kappa shape index (κ3) is 5.27. The molecule has 2 atom stereocenters. The number of rotatable bonds is 8. The predicted octanol–water partition coefficient (Wildman–Crippen LogP) is 2.93. The van der Waals surface area contributed by atoms with Crippen molar-refractivity contribution in [2.24, 2.45) is 0 Å². The molecule has 0 aromatic heterocycles. The van der Waals surface area contributed by atoms with Crippen LogP contribution in [-0.2, 0) is 26.2 Å². The molecular weight excluding hydrogens is 510 g/mol. The number of benzene rings is 2. The number of nitrogens with zero attached hydrogens (tertiary/aromatic N) is 2. The summed E-state index contributed by atoms with van der Waals surface area (Å²) in [5.74, 6) is -1.75. The molecule has 0 aliphatic carbocycles. The zero-order chi connectivity index (χ0) is 24.3. The Morgan fingerprint density at radius 1 is 1.12 bits per heavy atom. The van der Waals surface area contributed by atoms with Crippen LogP contribution in [0.1, 0.15) is 43.1 Å². The summed E-state index contributed by atoms with van der Waals surface area (Å²) in [6, 6.07) is 12.1. The van der Waals surface area contributed by atoms with Gasteiger partial charge in [-0.15, -0.1) is 0 Å². The van der Waals surface area contributed by atoms with Gasteiger partial charge in [0.25, 0.3) is 15.9 Å². The summed E-state index contributed by atoms with van der Waals surface area (Å²) in [5.41, 5.74) is 0.784. The molecule has 0 fully saturated rings. The Balaban J connectivity index is 1.89. The number of carbonyl (C=O) groups is 3. The lowest BCUT2D eigenvalue weighted by Crippen LogP contribution is -2.52. The Labute approximate surface area is 202 Å². The number of nitrogens with one attached hydrogen (secondary N) is 1. The molecule has 0 bridgehead atoms. The fourth-order valence-electron chi connectivity index (χ4n) is 3.48. The van der Waals surface area contributed by atoms with Gasteiger partial charge in [-0.25, -0.2) is 12.7 Å². The van der Waals surface area contributed by atoms with Crippen LogP contribution < -0.4 is 5.32 Å². The second-order valence-electron chi connectivity index (χ2n) is 7.96. The minimum absolute atomic E-state index is 0.0337. The van der Waals surface area contributed by atoms with Crippen LogP contribution in [0.25, 0.3) is 0 Å². The molecule has 0 radical (unpaired) electrons. The molecule has 1 N–H and O–H groups in total. The maximum atomic E-state index is 13.4. The second-order valence-corrected chi connectivity index (χ2v) is 10.7. The highest BCUT2D eigenvalue weighted by molar-refractivity contribution is 9.10. The minimum atomic E-state index is -4.14. The molecule has 0 saturated heterocycles. The van der Waals surface area contributed by atoms with Crippen molar-refractivity contribution in [3.8, 4) is 0 Å². The molecule has 1 aliphatic heterocycles. The van der Waals surface area contributed by atoms with Crippen LogP contribution in [0.5, 0.6) is 0 Å². The van der Waals surface area contributed by atoms with Crippen molar-refractivity contribution in [2.45, 2.75) is 50.7 Å². The average molecular weight is 536 g/mol. The third-order valence-electron chi connectivity index (χ3n) is 5.60. The number of halogens is 1. The van der Waals surface area contributed by atoms with Crippen molar-refractivity contribution in [1.29, 1.82) is 0 Å². The normalized spacial score (nSPS) is 16.1. The highest BCUT2D eigenvalue weighted by Crippen LogP contribution is 2.30. The van der Waals surface area contributed by atoms with Crippen LogP contribution in [-0.4, -0.2) is 54.0 Å². The van der Waals surface area contributed by atoms with Gasteiger partial charge in [0.2, 0.25) is 11.8 Å². The van der Waals surface area contributed by atoms with E-state index in [-0.39, 0.29) is 29.0 Å². The molecule has 176 valence electrons. The first-order chi connectivity index (χ1) is 15.6. The molecule has 2 aromatic rings. The van der Waals surface area contributed by atoms with Gasteiger partial charge < -0.3 is 10.2 Å². The van der Waals surface area contributed by atoms with E-state index in [9.17, 15) is 22.8 Å². The summed E-state index contributed by atoms with van der Waals surface area (Å²) in [4.78, 5) is 40.1. The van der Waals surface area contributed by atoms with Gasteiger partial charge in [0.15, 0.2) is 0 Å². The standard InChI is InChI=1S/C23H26BrN3O5S/c1-4-15(2)25-22(29)16(3)26(13-17-8-7-9-18(24)12-17)21(28)14-27-23(30)19-10-5-6-11-20(19)33(27,31)32/h5-12,15-16H,4,13-14H2,1-3H3,(H,25,29)/t15-,16-/m1/s1. The molecule has 1 aliphatic rings. The van der Waals surface area contributed by atoms with Crippen molar-refractivity contribution in [2.75, 3.05) is 6.54 Å². The van der Waals surface area contributed by atoms with Crippen LogP contribution in [0, 0.1) is 0 Å². The molecule has 0 unspecified atom stereocenters. The van der Waals surface area contributed by atoms with Crippen molar-refractivity contribution < 1.29 is 22.8 Å². The molecule has 33 heavy (non-hydrogen) atoms. The highest BCUT2D eigenvalue weighted by Gasteiger charge is 2.43. The van der Waals surface area contributed by atoms with E-state index in [1.54, 1.807) is 25.1 Å². The minimum Gasteiger partial charge on any atom is -0.352 e. The lowest BCUT2D eigenvalue weighted by Gasteiger charge is -2.31. The van der Waals surface area contributed by atoms with Crippen LogP contribution in [0.15, 0.2) is 57.9 Å². The summed E-state index contributed by atoms with van der Waals surface area (Å²) in [5, 5.41) is 2.85. The van der Waals surface area contributed by atoms with E-state index in [1.807, 2.05) is 26.0 Å². The molecule has 3 amide bonds. The first-order valence-electron chi connectivity index (χ1n) is 10.6. The Bertz CT molecular complexity index is 1180. The predicted molar refractivity (Wildman–Crippen MR) is 127 cm³/mol. The summed E-state index contributed by atoms with van der Waals surface area (Å²) >= 11 is 3.39. The SMILES string of the molecule is CC[C@@H](C)NC(=O)[C@@H](C)N(Cc1cccc(Br)c1)C(=O)CN1C(=O)c2ccccc2S1(=O)=O. The fraction of sp³-hybridized carbons (Fsp3) is 0.348. The van der Waals surface area contributed by atoms with Crippen molar-refractivity contribution in [3.05, 3.63) is 64.1 Å². The number of hydrogen-bond donors (Lipinski definition) is 1. The first-order valence-corrected chi connectivity index (χ1v) is 12.8. The van der Waals surface area contributed by atoms with Crippen LogP contribution in [0.2, 0.25) is 0 Å². The van der Waals surface area contributed by atoms with E-state index in [4.69, 9.17) is 0 Å². The second kappa shape index (κ2) is 10.0. The van der Waals surface area contributed by atoms with E-state index in [1.165, 1.54) is 23.1 Å². The quantitative estimate of drug-likeness (QED) is 0.559. The van der Waals surface area contributed by atoms with Gasteiger partial charge in [-0.1, -0.05) is 47.1 Å². The number of fused-ring (bicyclic) bond motifs is 1. The monoisotopic (exact) mass is 535 g/mol. The Morgan fingerprint density at radius 3 is 2.45 bits per heavy atom. The van der Waals surface area contributed by atoms with Gasteiger partial charge in [0, 0.05) is 17.1 Å². The molecule has 10 heteroatoms. The molecule has 3 rings (SSSR count). The number of hydrogen-bond acceptors (Lipinski definition) is 5. The fourth-order valence-corrected chi connectivity index (χ4v) is 5.45. The summed E-state index contributed by atoms with van der Waals surface area (Å²) in [7, 11) is -4.14. The van der Waals surface area contributed by atoms with Crippen LogP contribution >= 0.6 is 15.9 Å². The largest absolute Gasteiger partial charge is 0.352 e. The number of carbonyl (C=O) groups excluding carboxylic acids is 3. The molecular formula is C23H26BrN3O5S. The number of sulfonamides is 1. The summed E-state index contributed by atoms with van der Waals surface area (Å²) in [6.45, 7) is 4.76. The molecule has 2 aromatic carbocycles. The zero-order valence-corrected chi connectivity index (χ0v) is 21.0. The molecule has 8 nitrogen and oxygen atoms in total. The van der Waals surface area contributed by atoms with E-state index in [0.717, 1.165) is 16.5 Å². The topological polar surface area (TPSA) is 104 Å². The maximum Gasteiger partial charge on any atom is 0.269 e. The van der Waals surface area contributed by atoms with E-state index < -0.39 is 34.4 Å². The van der Waals surface area contributed by atoms with E-state index in [2.05, 4.69) is 21.2 Å². The summed E-state index contributed by atoms with van der Waals surface area (Å²) in [6.07, 6.45) is 0.719. The molecule has 1 heterocycles. The first kappa shape index (κ1) is 24.9. The molecule has 0 saturated carbocycles. The van der Waals surface area contributed by atoms with Gasteiger partial charge in [-0.3, -0.25) is 14.4 Å². The van der Waals surface area contributed by atoms with Crippen molar-refractivity contribution >= 4 is 43.7 Å². The zero-order valence-electron chi connectivity index (χ0n) is 18.6. The Kier molecular flexibility index (Phi) is 7.58. The number of amides is 3. The average Bonchev–Trinajstić information content (AvgIpc) is 2.97. The van der Waals surface area contributed by atoms with Crippen LogP contribution in [0.4, 0.5) is 0 Å². The lowest BCUT2D eigenvalue weighted by atomic mass is 10.1. The Hall–Kier alpha value is -2.72. The van der Waals surface area contributed by atoms with Gasteiger partial charge in [0.1, 0.15) is 17.5 Å². The van der Waals surface area contributed by atoms with E-state index in [0.29, 0.717) is 4.31 Å². The van der Waals surface area contributed by atoms with Gasteiger partial charge >= 0.3 is 0 Å². The van der Waals surface area contributed by atoms with Crippen molar-refractivity contribution in [1.82, 2.24) is 14.5 Å². The van der Waals surface area contributed by atoms with Gasteiger partial charge in [0.05, 0.1) is 5.56 Å². The van der Waals surface area contributed by atoms with Gasteiger partial charge in [-0.2, -0.15) is 0 Å². The third-order valence-corrected chi connectivity index (χ3v) is 7.88. The Morgan fingerprint density at radius 2 is 1.82 bits per heavy atom. The smallest absolute Gasteiger partial charge is 0.269 e.